The molecule has 8 heteroatoms. The first-order valence-electron chi connectivity index (χ1n) is 8.95. The molecule has 3 aromatic rings. The third kappa shape index (κ3) is 3.46. The Balaban J connectivity index is 1.64. The summed E-state index contributed by atoms with van der Waals surface area (Å²) in [7, 11) is 1.98. The highest BCUT2D eigenvalue weighted by atomic mass is 19.1. The maximum Gasteiger partial charge on any atom is 0.272 e. The Morgan fingerprint density at radius 1 is 1.11 bits per heavy atom. The van der Waals surface area contributed by atoms with Crippen LogP contribution in [0.1, 0.15) is 10.4 Å². The Labute approximate surface area is 160 Å². The molecule has 144 valence electrons. The van der Waals surface area contributed by atoms with E-state index in [0.29, 0.717) is 23.9 Å². The van der Waals surface area contributed by atoms with Gasteiger partial charge in [0.05, 0.1) is 16.3 Å². The number of ether oxygens (including phenoxy) is 1. The molecule has 1 amide bonds. The van der Waals surface area contributed by atoms with Crippen molar-refractivity contribution < 1.29 is 13.9 Å². The van der Waals surface area contributed by atoms with Gasteiger partial charge in [0, 0.05) is 26.2 Å². The summed E-state index contributed by atoms with van der Waals surface area (Å²) in [5.41, 5.74) is -0.372. The normalized spacial score (nSPS) is 15.0. The van der Waals surface area contributed by atoms with Gasteiger partial charge in [-0.05, 0) is 37.4 Å². The summed E-state index contributed by atoms with van der Waals surface area (Å²) in [5, 5.41) is 7.29. The molecule has 1 N–H and O–H groups in total. The van der Waals surface area contributed by atoms with Crippen molar-refractivity contribution in [2.75, 3.05) is 33.2 Å². The van der Waals surface area contributed by atoms with E-state index in [9.17, 15) is 14.0 Å². The fraction of sp³-hybridized carbons (Fsp3) is 0.250. The van der Waals surface area contributed by atoms with E-state index in [2.05, 4.69) is 15.1 Å². The Morgan fingerprint density at radius 2 is 1.82 bits per heavy atom. The van der Waals surface area contributed by atoms with E-state index in [0.717, 1.165) is 13.1 Å². The second-order valence-electron chi connectivity index (χ2n) is 6.74. The molecular formula is C20H19FN4O3. The van der Waals surface area contributed by atoms with Gasteiger partial charge in [0.15, 0.2) is 0 Å². The summed E-state index contributed by atoms with van der Waals surface area (Å²) in [6.07, 6.45) is 0. The number of nitrogens with zero attached hydrogens (tertiary/aromatic N) is 3. The number of hydrogen-bond acceptors (Lipinski definition) is 5. The summed E-state index contributed by atoms with van der Waals surface area (Å²) < 4.78 is 20.1. The SMILES string of the molecule is CN1CCN(C(=O)c2cc(Oc3n[nH]c(=O)c4ccccc34)ccc2F)CC1. The van der Waals surface area contributed by atoms with Crippen LogP contribution in [0.3, 0.4) is 0 Å². The fourth-order valence-corrected chi connectivity index (χ4v) is 3.19. The molecule has 0 saturated carbocycles. The lowest BCUT2D eigenvalue weighted by Crippen LogP contribution is -2.47. The van der Waals surface area contributed by atoms with Gasteiger partial charge in [-0.3, -0.25) is 9.59 Å². The predicted octanol–water partition coefficient (Wildman–Crippen LogP) is 2.24. The molecule has 0 aliphatic carbocycles. The number of benzene rings is 2. The minimum absolute atomic E-state index is 0.0456. The molecule has 28 heavy (non-hydrogen) atoms. The van der Waals surface area contributed by atoms with Crippen LogP contribution in [-0.4, -0.2) is 59.1 Å². The summed E-state index contributed by atoms with van der Waals surface area (Å²) in [5.74, 6) is -0.519. The molecule has 7 nitrogen and oxygen atoms in total. The van der Waals surface area contributed by atoms with E-state index in [-0.39, 0.29) is 28.7 Å². The lowest BCUT2D eigenvalue weighted by Gasteiger charge is -2.32. The number of nitrogens with one attached hydrogen (secondary N) is 1. The van der Waals surface area contributed by atoms with Crippen LogP contribution in [0.2, 0.25) is 0 Å². The zero-order valence-corrected chi connectivity index (χ0v) is 15.3. The standard InChI is InChI=1S/C20H19FN4O3/c1-24-8-10-25(11-9-24)20(27)16-12-13(6-7-17(16)21)28-19-15-5-3-2-4-14(15)18(26)22-23-19/h2-7,12H,8-11H2,1H3,(H,22,26). The molecule has 0 unspecified atom stereocenters. The van der Waals surface area contributed by atoms with Crippen LogP contribution in [0.15, 0.2) is 47.3 Å². The van der Waals surface area contributed by atoms with Crippen molar-refractivity contribution in [1.29, 1.82) is 0 Å². The molecule has 0 radical (unpaired) electrons. The van der Waals surface area contributed by atoms with Crippen LogP contribution in [0.25, 0.3) is 10.8 Å². The van der Waals surface area contributed by atoms with Crippen LogP contribution in [0, 0.1) is 5.82 Å². The molecule has 0 bridgehead atoms. The summed E-state index contributed by atoms with van der Waals surface area (Å²) >= 11 is 0. The molecular weight excluding hydrogens is 363 g/mol. The van der Waals surface area contributed by atoms with Crippen LogP contribution in [-0.2, 0) is 0 Å². The van der Waals surface area contributed by atoms with Crippen molar-refractivity contribution in [3.05, 3.63) is 64.2 Å². The van der Waals surface area contributed by atoms with E-state index >= 15 is 0 Å². The molecule has 1 aromatic heterocycles. The van der Waals surface area contributed by atoms with Gasteiger partial charge in [-0.1, -0.05) is 12.1 Å². The van der Waals surface area contributed by atoms with Crippen LogP contribution < -0.4 is 10.3 Å². The Morgan fingerprint density at radius 3 is 2.57 bits per heavy atom. The first-order valence-corrected chi connectivity index (χ1v) is 8.95. The van der Waals surface area contributed by atoms with Crippen molar-refractivity contribution in [2.24, 2.45) is 0 Å². The molecule has 0 atom stereocenters. The van der Waals surface area contributed by atoms with Gasteiger partial charge in [0.25, 0.3) is 11.5 Å². The third-order valence-electron chi connectivity index (χ3n) is 4.83. The maximum absolute atomic E-state index is 14.3. The Hall–Kier alpha value is -3.26. The zero-order chi connectivity index (χ0) is 19.7. The van der Waals surface area contributed by atoms with Gasteiger partial charge in [0.2, 0.25) is 5.88 Å². The summed E-state index contributed by atoms with van der Waals surface area (Å²) in [6.45, 7) is 2.59. The number of halogens is 1. The van der Waals surface area contributed by atoms with Crippen molar-refractivity contribution in [3.63, 3.8) is 0 Å². The molecule has 1 aliphatic rings. The van der Waals surface area contributed by atoms with Crippen LogP contribution in [0.4, 0.5) is 4.39 Å². The number of likely N-dealkylation sites (N-methyl/N-ethyl adjacent to an activating group) is 1. The minimum atomic E-state index is -0.601. The highest BCUT2D eigenvalue weighted by molar-refractivity contribution is 5.95. The fourth-order valence-electron chi connectivity index (χ4n) is 3.19. The largest absolute Gasteiger partial charge is 0.437 e. The molecule has 1 fully saturated rings. The van der Waals surface area contributed by atoms with Crippen LogP contribution >= 0.6 is 0 Å². The van der Waals surface area contributed by atoms with Gasteiger partial charge in [-0.15, -0.1) is 5.10 Å². The topological polar surface area (TPSA) is 78.5 Å². The van der Waals surface area contributed by atoms with Crippen molar-refractivity contribution in [3.8, 4) is 11.6 Å². The lowest BCUT2D eigenvalue weighted by atomic mass is 10.1. The van der Waals surface area contributed by atoms with E-state index in [4.69, 9.17) is 4.74 Å². The molecule has 4 rings (SSSR count). The summed E-state index contributed by atoms with van der Waals surface area (Å²) in [6, 6.07) is 10.9. The van der Waals surface area contributed by atoms with Gasteiger partial charge in [-0.2, -0.15) is 0 Å². The van der Waals surface area contributed by atoms with E-state index in [1.165, 1.54) is 18.2 Å². The quantitative estimate of drug-likeness (QED) is 0.752. The van der Waals surface area contributed by atoms with Gasteiger partial charge >= 0.3 is 0 Å². The van der Waals surface area contributed by atoms with E-state index in [1.54, 1.807) is 29.2 Å². The average molecular weight is 382 g/mol. The second-order valence-corrected chi connectivity index (χ2v) is 6.74. The number of aromatic nitrogens is 2. The smallest absolute Gasteiger partial charge is 0.272 e. The van der Waals surface area contributed by atoms with E-state index in [1.807, 2.05) is 7.05 Å². The third-order valence-corrected chi connectivity index (χ3v) is 4.83. The highest BCUT2D eigenvalue weighted by Gasteiger charge is 2.23. The summed E-state index contributed by atoms with van der Waals surface area (Å²) in [4.78, 5) is 28.4. The first kappa shape index (κ1) is 18.1. The maximum atomic E-state index is 14.3. The molecule has 0 spiro atoms. The van der Waals surface area contributed by atoms with Crippen molar-refractivity contribution >= 4 is 16.7 Å². The van der Waals surface area contributed by atoms with Crippen LogP contribution in [0.5, 0.6) is 11.6 Å². The highest BCUT2D eigenvalue weighted by Crippen LogP contribution is 2.27. The number of fused-ring (bicyclic) bond motifs is 1. The van der Waals surface area contributed by atoms with Gasteiger partial charge < -0.3 is 14.5 Å². The lowest BCUT2D eigenvalue weighted by molar-refractivity contribution is 0.0659. The molecule has 1 saturated heterocycles. The number of aromatic amines is 1. The predicted molar refractivity (Wildman–Crippen MR) is 102 cm³/mol. The monoisotopic (exact) mass is 382 g/mol. The zero-order valence-electron chi connectivity index (χ0n) is 15.3. The van der Waals surface area contributed by atoms with Crippen molar-refractivity contribution in [2.45, 2.75) is 0 Å². The number of piperazine rings is 1. The number of rotatable bonds is 3. The number of carbonyl (C=O) groups is 1. The number of carbonyl (C=O) groups excluding carboxylic acids is 1. The number of hydrogen-bond donors (Lipinski definition) is 1. The molecule has 2 aromatic carbocycles. The average Bonchev–Trinajstić information content (AvgIpc) is 2.72. The van der Waals surface area contributed by atoms with Gasteiger partial charge in [0.1, 0.15) is 11.6 Å². The van der Waals surface area contributed by atoms with E-state index < -0.39 is 5.82 Å². The molecule has 2 heterocycles. The first-order chi connectivity index (χ1) is 13.5. The number of H-pyrrole nitrogens is 1. The Bertz CT molecular complexity index is 1090. The van der Waals surface area contributed by atoms with Gasteiger partial charge in [-0.25, -0.2) is 9.49 Å². The number of amides is 1. The second kappa shape index (κ2) is 7.40. The van der Waals surface area contributed by atoms with Crippen molar-refractivity contribution in [1.82, 2.24) is 20.0 Å². The minimum Gasteiger partial charge on any atom is -0.437 e. The molecule has 1 aliphatic heterocycles. The Kier molecular flexibility index (Phi) is 4.79.